The fourth-order valence-corrected chi connectivity index (χ4v) is 5.82. The van der Waals surface area contributed by atoms with Gasteiger partial charge in [0.2, 0.25) is 5.13 Å². The summed E-state index contributed by atoms with van der Waals surface area (Å²) >= 11 is -0.998. The third kappa shape index (κ3) is 5.49. The summed E-state index contributed by atoms with van der Waals surface area (Å²) in [5.74, 6) is 0.883. The molecule has 14 heteroatoms. The van der Waals surface area contributed by atoms with E-state index < -0.39 is 28.3 Å². The lowest BCUT2D eigenvalue weighted by atomic mass is 10.1. The maximum absolute atomic E-state index is 13.2. The van der Waals surface area contributed by atoms with Crippen LogP contribution in [-0.4, -0.2) is 57.7 Å². The molecule has 1 atom stereocenters. The SMILES string of the molecule is N#CC1(N[S+]([O-])c2cc(Nc3nnc(C(F)F)s3)c(C=N)c(N3CCN(c4ccccn4)CC3)c2)CC1. The lowest BCUT2D eigenvalue weighted by Crippen LogP contribution is -2.47. The van der Waals surface area contributed by atoms with Crippen LogP contribution in [-0.2, 0) is 11.4 Å². The molecule has 5 rings (SSSR count). The van der Waals surface area contributed by atoms with Crippen LogP contribution < -0.4 is 19.8 Å². The molecule has 1 unspecified atom stereocenters. The van der Waals surface area contributed by atoms with Crippen LogP contribution in [0.15, 0.2) is 41.4 Å². The van der Waals surface area contributed by atoms with E-state index in [-0.39, 0.29) is 5.13 Å². The summed E-state index contributed by atoms with van der Waals surface area (Å²) in [6, 6.07) is 11.3. The van der Waals surface area contributed by atoms with E-state index in [0.29, 0.717) is 72.2 Å². The number of aromatic nitrogens is 3. The van der Waals surface area contributed by atoms with Gasteiger partial charge in [-0.3, -0.25) is 0 Å². The van der Waals surface area contributed by atoms with Crippen molar-refractivity contribution in [3.05, 3.63) is 47.1 Å². The molecule has 0 spiro atoms. The van der Waals surface area contributed by atoms with Crippen molar-refractivity contribution in [2.24, 2.45) is 0 Å². The normalized spacial score (nSPS) is 17.4. The second kappa shape index (κ2) is 10.5. The highest BCUT2D eigenvalue weighted by Gasteiger charge is 2.48. The van der Waals surface area contributed by atoms with Gasteiger partial charge in [-0.1, -0.05) is 17.4 Å². The molecule has 37 heavy (non-hydrogen) atoms. The molecule has 0 amide bonds. The van der Waals surface area contributed by atoms with Crippen LogP contribution >= 0.6 is 11.3 Å². The average molecular weight is 544 g/mol. The Kier molecular flexibility index (Phi) is 7.20. The molecule has 3 N–H and O–H groups in total. The minimum absolute atomic E-state index is 0.135. The van der Waals surface area contributed by atoms with Crippen LogP contribution in [0.2, 0.25) is 0 Å². The summed E-state index contributed by atoms with van der Waals surface area (Å²) in [6.45, 7) is 2.62. The van der Waals surface area contributed by atoms with E-state index in [4.69, 9.17) is 5.41 Å². The van der Waals surface area contributed by atoms with Crippen molar-refractivity contribution in [2.75, 3.05) is 41.3 Å². The first kappa shape index (κ1) is 25.3. The Morgan fingerprint density at radius 2 is 1.95 bits per heavy atom. The molecule has 3 aromatic rings. The number of hydrogen-bond donors (Lipinski definition) is 3. The molecule has 2 fully saturated rings. The minimum Gasteiger partial charge on any atom is -0.593 e. The summed E-state index contributed by atoms with van der Waals surface area (Å²) in [4.78, 5) is 9.07. The van der Waals surface area contributed by atoms with Crippen molar-refractivity contribution >= 4 is 51.2 Å². The first-order valence-corrected chi connectivity index (χ1v) is 13.5. The number of hydrogen-bond acceptors (Lipinski definition) is 11. The summed E-state index contributed by atoms with van der Waals surface area (Å²) in [6.07, 6.45) is 1.41. The number of nitrogens with one attached hydrogen (secondary N) is 3. The Bertz CT molecular complexity index is 1310. The Morgan fingerprint density at radius 1 is 1.19 bits per heavy atom. The molecular weight excluding hydrogens is 520 g/mol. The van der Waals surface area contributed by atoms with Crippen molar-refractivity contribution in [1.29, 1.82) is 10.7 Å². The number of nitrogens with zero attached hydrogens (tertiary/aromatic N) is 6. The van der Waals surface area contributed by atoms with Crippen molar-refractivity contribution < 1.29 is 13.3 Å². The highest BCUT2D eigenvalue weighted by Crippen LogP contribution is 2.38. The Hall–Kier alpha value is -3.38. The number of halogens is 2. The van der Waals surface area contributed by atoms with Gasteiger partial charge in [-0.25, -0.2) is 13.8 Å². The number of nitriles is 1. The molecule has 1 saturated carbocycles. The third-order valence-corrected chi connectivity index (χ3v) is 8.29. The fourth-order valence-electron chi connectivity index (χ4n) is 4.04. The Morgan fingerprint density at radius 3 is 2.54 bits per heavy atom. The number of rotatable bonds is 9. The van der Waals surface area contributed by atoms with E-state index in [9.17, 15) is 18.6 Å². The zero-order valence-electron chi connectivity index (χ0n) is 19.5. The van der Waals surface area contributed by atoms with E-state index >= 15 is 0 Å². The Labute approximate surface area is 219 Å². The average Bonchev–Trinajstić information content (AvgIpc) is 3.54. The van der Waals surface area contributed by atoms with Gasteiger partial charge in [0.05, 0.1) is 28.8 Å². The van der Waals surface area contributed by atoms with Crippen LogP contribution in [0, 0.1) is 16.7 Å². The van der Waals surface area contributed by atoms with E-state index in [0.717, 1.165) is 5.82 Å². The number of anilines is 4. The molecular formula is C23H23F2N9OS2. The molecule has 2 aromatic heterocycles. The molecule has 3 heterocycles. The van der Waals surface area contributed by atoms with Crippen LogP contribution in [0.1, 0.15) is 29.8 Å². The van der Waals surface area contributed by atoms with Crippen LogP contribution in [0.25, 0.3) is 0 Å². The maximum atomic E-state index is 13.2. The molecule has 10 nitrogen and oxygen atoms in total. The molecule has 1 aliphatic heterocycles. The van der Waals surface area contributed by atoms with Crippen molar-refractivity contribution in [2.45, 2.75) is 29.7 Å². The summed E-state index contributed by atoms with van der Waals surface area (Å²) < 4.78 is 42.2. The number of pyridine rings is 1. The van der Waals surface area contributed by atoms with Gasteiger partial charge in [0, 0.05) is 56.3 Å². The van der Waals surface area contributed by atoms with Crippen molar-refractivity contribution in [3.63, 3.8) is 0 Å². The number of piperazine rings is 1. The molecule has 192 valence electrons. The number of alkyl halides is 2. The van der Waals surface area contributed by atoms with Gasteiger partial charge in [0.15, 0.2) is 9.90 Å². The first-order chi connectivity index (χ1) is 17.9. The van der Waals surface area contributed by atoms with Crippen LogP contribution in [0.4, 0.5) is 31.1 Å². The van der Waals surface area contributed by atoms with Crippen molar-refractivity contribution in [3.8, 4) is 6.07 Å². The predicted octanol–water partition coefficient (Wildman–Crippen LogP) is 3.61. The Balaban J connectivity index is 1.46. The third-order valence-electron chi connectivity index (χ3n) is 6.20. The van der Waals surface area contributed by atoms with Gasteiger partial charge in [-0.2, -0.15) is 5.26 Å². The van der Waals surface area contributed by atoms with E-state index in [1.54, 1.807) is 18.3 Å². The quantitative estimate of drug-likeness (QED) is 0.273. The number of benzene rings is 1. The van der Waals surface area contributed by atoms with Gasteiger partial charge in [0.25, 0.3) is 6.43 Å². The predicted molar refractivity (Wildman–Crippen MR) is 138 cm³/mol. The zero-order valence-corrected chi connectivity index (χ0v) is 21.2. The van der Waals surface area contributed by atoms with Crippen LogP contribution in [0.3, 0.4) is 0 Å². The van der Waals surface area contributed by atoms with Crippen molar-refractivity contribution in [1.82, 2.24) is 19.9 Å². The standard InChI is InChI=1S/C23H23F2N9OS2/c24-20(25)21-30-31-22(36-21)29-17-11-15(37(35)32-23(14-27)4-5-23)12-18(16(17)13-26)33-7-9-34(10-8-33)19-3-1-2-6-28-19/h1-3,6,11-13,20,26,32H,4-5,7-10H2,(H,29,31). The summed E-state index contributed by atoms with van der Waals surface area (Å²) in [5.41, 5.74) is 0.760. The smallest absolute Gasteiger partial charge is 0.291 e. The van der Waals surface area contributed by atoms with Gasteiger partial charge in [0.1, 0.15) is 11.4 Å². The molecule has 1 aliphatic carbocycles. The highest BCUT2D eigenvalue weighted by molar-refractivity contribution is 7.89. The molecule has 1 saturated heterocycles. The minimum atomic E-state index is -2.75. The topological polar surface area (TPSA) is 140 Å². The largest absolute Gasteiger partial charge is 0.593 e. The summed E-state index contributed by atoms with van der Waals surface area (Å²) in [7, 11) is 0. The van der Waals surface area contributed by atoms with Gasteiger partial charge >= 0.3 is 0 Å². The van der Waals surface area contributed by atoms with Gasteiger partial charge in [-0.15, -0.1) is 14.9 Å². The monoisotopic (exact) mass is 543 g/mol. The summed E-state index contributed by atoms with van der Waals surface area (Å²) in [5, 5.41) is 27.5. The van der Waals surface area contributed by atoms with E-state index in [1.165, 1.54) is 6.21 Å². The lowest BCUT2D eigenvalue weighted by Gasteiger charge is -2.37. The molecule has 0 radical (unpaired) electrons. The van der Waals surface area contributed by atoms with Gasteiger partial charge < -0.3 is 25.1 Å². The van der Waals surface area contributed by atoms with Crippen LogP contribution in [0.5, 0.6) is 0 Å². The lowest BCUT2D eigenvalue weighted by molar-refractivity contribution is 0.150. The fraction of sp³-hybridized carbons (Fsp3) is 0.348. The molecule has 1 aromatic carbocycles. The zero-order chi connectivity index (χ0) is 26.0. The second-order valence-corrected chi connectivity index (χ2v) is 10.9. The first-order valence-electron chi connectivity index (χ1n) is 11.5. The highest BCUT2D eigenvalue weighted by atomic mass is 32.2. The van der Waals surface area contributed by atoms with E-state index in [2.05, 4.69) is 41.1 Å². The molecule has 2 aliphatic rings. The second-order valence-electron chi connectivity index (χ2n) is 8.65. The van der Waals surface area contributed by atoms with E-state index in [1.807, 2.05) is 18.2 Å². The maximum Gasteiger partial charge on any atom is 0.291 e. The van der Waals surface area contributed by atoms with Gasteiger partial charge in [-0.05, 0) is 25.0 Å². The molecule has 0 bridgehead atoms.